The van der Waals surface area contributed by atoms with E-state index in [0.717, 1.165) is 23.1 Å². The van der Waals surface area contributed by atoms with Gasteiger partial charge in [0.1, 0.15) is 0 Å². The fourth-order valence-electron chi connectivity index (χ4n) is 1.98. The van der Waals surface area contributed by atoms with E-state index >= 15 is 0 Å². The molecule has 1 aromatic carbocycles. The van der Waals surface area contributed by atoms with Gasteiger partial charge >= 0.3 is 0 Å². The highest BCUT2D eigenvalue weighted by atomic mass is 16.1. The van der Waals surface area contributed by atoms with Crippen molar-refractivity contribution in [2.75, 3.05) is 11.9 Å². The fraction of sp³-hybridized carbons (Fsp3) is 0.308. The van der Waals surface area contributed by atoms with Crippen molar-refractivity contribution in [3.8, 4) is 0 Å². The molecule has 2 rings (SSSR count). The lowest BCUT2D eigenvalue weighted by molar-refractivity contribution is 0.906. The zero-order valence-electron chi connectivity index (χ0n) is 9.87. The number of aryl methyl sites for hydroxylation is 2. The molecule has 0 atom stereocenters. The lowest BCUT2D eigenvalue weighted by Gasteiger charge is -2.13. The van der Waals surface area contributed by atoms with E-state index in [4.69, 9.17) is 0 Å². The number of nitrogens with one attached hydrogen (secondary N) is 1. The summed E-state index contributed by atoms with van der Waals surface area (Å²) < 4.78 is 1.68. The molecule has 16 heavy (non-hydrogen) atoms. The molecule has 1 N–H and O–H groups in total. The van der Waals surface area contributed by atoms with Crippen molar-refractivity contribution in [1.82, 2.24) is 4.57 Å². The molecular formula is C13H16N2O. The number of aromatic nitrogens is 1. The molecule has 0 aliphatic carbocycles. The summed E-state index contributed by atoms with van der Waals surface area (Å²) in [5.74, 6) is 0. The van der Waals surface area contributed by atoms with E-state index in [1.165, 1.54) is 5.56 Å². The summed E-state index contributed by atoms with van der Waals surface area (Å²) in [6.07, 6.45) is 0. The zero-order valence-corrected chi connectivity index (χ0v) is 9.87. The van der Waals surface area contributed by atoms with Crippen LogP contribution in [0.5, 0.6) is 0 Å². The highest BCUT2D eigenvalue weighted by Crippen LogP contribution is 2.25. The van der Waals surface area contributed by atoms with Gasteiger partial charge in [-0.1, -0.05) is 6.07 Å². The monoisotopic (exact) mass is 216 g/mol. The first kappa shape index (κ1) is 10.7. The Bertz CT molecular complexity index is 584. The van der Waals surface area contributed by atoms with E-state index < -0.39 is 0 Å². The number of benzene rings is 1. The smallest absolute Gasteiger partial charge is 0.250 e. The molecule has 0 unspecified atom stereocenters. The molecule has 3 nitrogen and oxygen atoms in total. The number of nitrogens with zero attached hydrogens (tertiary/aromatic N) is 1. The first-order chi connectivity index (χ1) is 7.65. The highest BCUT2D eigenvalue weighted by molar-refractivity contribution is 5.93. The van der Waals surface area contributed by atoms with Crippen molar-refractivity contribution in [3.63, 3.8) is 0 Å². The van der Waals surface area contributed by atoms with E-state index in [1.807, 2.05) is 18.2 Å². The van der Waals surface area contributed by atoms with Crippen LogP contribution in [0.2, 0.25) is 0 Å². The first-order valence-corrected chi connectivity index (χ1v) is 5.48. The lowest BCUT2D eigenvalue weighted by Crippen LogP contribution is -2.15. The number of hydrogen-bond acceptors (Lipinski definition) is 2. The quantitative estimate of drug-likeness (QED) is 0.835. The Morgan fingerprint density at radius 3 is 2.69 bits per heavy atom. The van der Waals surface area contributed by atoms with Crippen LogP contribution in [0, 0.1) is 6.92 Å². The Morgan fingerprint density at radius 1 is 1.25 bits per heavy atom. The van der Waals surface area contributed by atoms with E-state index in [-0.39, 0.29) is 5.56 Å². The van der Waals surface area contributed by atoms with Crippen molar-refractivity contribution in [2.45, 2.75) is 13.8 Å². The average Bonchev–Trinajstić information content (AvgIpc) is 2.27. The molecule has 0 fully saturated rings. The molecule has 1 aromatic heterocycles. The second-order valence-electron chi connectivity index (χ2n) is 3.95. The largest absolute Gasteiger partial charge is 0.385 e. The van der Waals surface area contributed by atoms with Gasteiger partial charge in [-0.25, -0.2) is 0 Å². The second kappa shape index (κ2) is 4.00. The van der Waals surface area contributed by atoms with Crippen LogP contribution in [0.4, 0.5) is 5.69 Å². The number of pyridine rings is 1. The van der Waals surface area contributed by atoms with Gasteiger partial charge in [0.25, 0.3) is 5.56 Å². The maximum absolute atomic E-state index is 11.5. The Labute approximate surface area is 94.7 Å². The summed E-state index contributed by atoms with van der Waals surface area (Å²) in [6, 6.07) is 7.54. The molecule has 0 bridgehead atoms. The van der Waals surface area contributed by atoms with Gasteiger partial charge in [-0.05, 0) is 31.5 Å². The van der Waals surface area contributed by atoms with Crippen LogP contribution in [-0.2, 0) is 7.05 Å². The Kier molecular flexibility index (Phi) is 2.69. The molecule has 0 saturated carbocycles. The van der Waals surface area contributed by atoms with Crippen LogP contribution < -0.4 is 10.9 Å². The molecule has 0 aliphatic rings. The van der Waals surface area contributed by atoms with Gasteiger partial charge < -0.3 is 9.88 Å². The summed E-state index contributed by atoms with van der Waals surface area (Å²) in [5.41, 5.74) is 3.32. The number of fused-ring (bicyclic) bond motifs is 1. The van der Waals surface area contributed by atoms with Crippen molar-refractivity contribution < 1.29 is 0 Å². The minimum Gasteiger partial charge on any atom is -0.385 e. The van der Waals surface area contributed by atoms with Crippen molar-refractivity contribution in [1.29, 1.82) is 0 Å². The summed E-state index contributed by atoms with van der Waals surface area (Å²) in [6.45, 7) is 5.02. The van der Waals surface area contributed by atoms with Crippen LogP contribution in [0.25, 0.3) is 10.9 Å². The third-order valence-corrected chi connectivity index (χ3v) is 2.87. The van der Waals surface area contributed by atoms with E-state index in [0.29, 0.717) is 0 Å². The van der Waals surface area contributed by atoms with Gasteiger partial charge in [0.05, 0.1) is 5.52 Å². The van der Waals surface area contributed by atoms with Gasteiger partial charge in [0.15, 0.2) is 0 Å². The predicted octanol–water partition coefficient (Wildman–Crippen LogP) is 2.28. The Hall–Kier alpha value is -1.77. The maximum atomic E-state index is 11.5. The molecular weight excluding hydrogens is 200 g/mol. The molecule has 2 aromatic rings. The molecule has 0 radical (unpaired) electrons. The van der Waals surface area contributed by atoms with Crippen LogP contribution in [0.1, 0.15) is 12.5 Å². The van der Waals surface area contributed by atoms with Gasteiger partial charge in [0.2, 0.25) is 0 Å². The molecule has 0 amide bonds. The van der Waals surface area contributed by atoms with Crippen molar-refractivity contribution in [2.24, 2.45) is 7.05 Å². The third kappa shape index (κ3) is 1.58. The molecule has 0 spiro atoms. The molecule has 0 saturated heterocycles. The van der Waals surface area contributed by atoms with E-state index in [1.54, 1.807) is 17.7 Å². The van der Waals surface area contributed by atoms with Crippen LogP contribution in [0.15, 0.2) is 29.1 Å². The maximum Gasteiger partial charge on any atom is 0.250 e. The number of hydrogen-bond donors (Lipinski definition) is 1. The van der Waals surface area contributed by atoms with Crippen LogP contribution in [-0.4, -0.2) is 11.1 Å². The summed E-state index contributed by atoms with van der Waals surface area (Å²) in [4.78, 5) is 11.5. The van der Waals surface area contributed by atoms with E-state index in [2.05, 4.69) is 19.2 Å². The van der Waals surface area contributed by atoms with Crippen LogP contribution >= 0.6 is 0 Å². The van der Waals surface area contributed by atoms with Crippen molar-refractivity contribution in [3.05, 3.63) is 40.2 Å². The van der Waals surface area contributed by atoms with Gasteiger partial charge in [-0.15, -0.1) is 0 Å². The van der Waals surface area contributed by atoms with Gasteiger partial charge in [-0.2, -0.15) is 0 Å². The van der Waals surface area contributed by atoms with E-state index in [9.17, 15) is 4.79 Å². The first-order valence-electron chi connectivity index (χ1n) is 5.48. The SMILES string of the molecule is CCNc1c(C)ccc2c1ccc(=O)n2C. The van der Waals surface area contributed by atoms with Gasteiger partial charge in [-0.3, -0.25) is 4.79 Å². The fourth-order valence-corrected chi connectivity index (χ4v) is 1.98. The Balaban J connectivity index is 2.84. The third-order valence-electron chi connectivity index (χ3n) is 2.87. The zero-order chi connectivity index (χ0) is 11.7. The number of anilines is 1. The molecule has 1 heterocycles. The minimum absolute atomic E-state index is 0.0267. The minimum atomic E-state index is 0.0267. The Morgan fingerprint density at radius 2 is 2.00 bits per heavy atom. The lowest BCUT2D eigenvalue weighted by atomic mass is 10.1. The van der Waals surface area contributed by atoms with Crippen molar-refractivity contribution >= 4 is 16.6 Å². The second-order valence-corrected chi connectivity index (χ2v) is 3.95. The average molecular weight is 216 g/mol. The molecule has 0 aliphatic heterocycles. The number of rotatable bonds is 2. The summed E-state index contributed by atoms with van der Waals surface area (Å²) in [5, 5.41) is 4.45. The molecule has 84 valence electrons. The summed E-state index contributed by atoms with van der Waals surface area (Å²) >= 11 is 0. The highest BCUT2D eigenvalue weighted by Gasteiger charge is 2.06. The van der Waals surface area contributed by atoms with Gasteiger partial charge in [0, 0.05) is 30.7 Å². The molecule has 3 heteroatoms. The summed E-state index contributed by atoms with van der Waals surface area (Å²) in [7, 11) is 1.80. The normalized spacial score (nSPS) is 10.7. The standard InChI is InChI=1S/C13H16N2O/c1-4-14-13-9(2)5-7-11-10(13)6-8-12(16)15(11)3/h5-8,14H,4H2,1-3H3. The topological polar surface area (TPSA) is 34.0 Å². The predicted molar refractivity (Wildman–Crippen MR) is 68.1 cm³/mol. The van der Waals surface area contributed by atoms with Crippen LogP contribution in [0.3, 0.4) is 0 Å².